The normalized spacial score (nSPS) is 16.1. The summed E-state index contributed by atoms with van der Waals surface area (Å²) in [6, 6.07) is 12.1. The quantitative estimate of drug-likeness (QED) is 0.255. The second-order valence-electron chi connectivity index (χ2n) is 7.75. The highest BCUT2D eigenvalue weighted by atomic mass is 127. The summed E-state index contributed by atoms with van der Waals surface area (Å²) in [5.74, 6) is 2.93. The summed E-state index contributed by atoms with van der Waals surface area (Å²) < 4.78 is 13.6. The molecule has 2 aromatic heterocycles. The van der Waals surface area contributed by atoms with Gasteiger partial charge in [0.1, 0.15) is 5.75 Å². The molecular formula is C23H31IN6O2. The molecule has 1 saturated heterocycles. The van der Waals surface area contributed by atoms with Crippen LogP contribution in [0, 0.1) is 12.8 Å². The highest BCUT2D eigenvalue weighted by molar-refractivity contribution is 14.0. The highest BCUT2D eigenvalue weighted by Crippen LogP contribution is 2.23. The summed E-state index contributed by atoms with van der Waals surface area (Å²) in [6.07, 6.45) is 3.02. The van der Waals surface area contributed by atoms with Gasteiger partial charge in [-0.25, -0.2) is 4.99 Å². The van der Waals surface area contributed by atoms with Crippen molar-refractivity contribution >= 4 is 35.6 Å². The second-order valence-corrected chi connectivity index (χ2v) is 7.75. The highest BCUT2D eigenvalue weighted by Gasteiger charge is 2.17. The molecule has 4 rings (SSSR count). The monoisotopic (exact) mass is 550 g/mol. The average molecular weight is 550 g/mol. The van der Waals surface area contributed by atoms with Crippen molar-refractivity contribution in [3.8, 4) is 5.75 Å². The predicted octanol–water partition coefficient (Wildman–Crippen LogP) is 3.33. The Kier molecular flexibility index (Phi) is 9.10. The Morgan fingerprint density at radius 1 is 1.25 bits per heavy atom. The molecular weight excluding hydrogens is 519 g/mol. The van der Waals surface area contributed by atoms with Crippen molar-refractivity contribution in [2.45, 2.75) is 33.4 Å². The number of aromatic nitrogens is 3. The number of rotatable bonds is 8. The average Bonchev–Trinajstić information content (AvgIpc) is 3.45. The number of hydrogen-bond acceptors (Lipinski definition) is 5. The topological polar surface area (TPSA) is 85.1 Å². The lowest BCUT2D eigenvalue weighted by Crippen LogP contribution is -2.37. The molecule has 3 heterocycles. The summed E-state index contributed by atoms with van der Waals surface area (Å²) in [4.78, 5) is 4.77. The largest absolute Gasteiger partial charge is 0.493 e. The van der Waals surface area contributed by atoms with Crippen molar-refractivity contribution in [1.82, 2.24) is 25.2 Å². The molecule has 172 valence electrons. The van der Waals surface area contributed by atoms with Crippen LogP contribution in [-0.2, 0) is 17.8 Å². The first-order chi connectivity index (χ1) is 15.2. The van der Waals surface area contributed by atoms with Crippen LogP contribution >= 0.6 is 24.0 Å². The van der Waals surface area contributed by atoms with Crippen molar-refractivity contribution in [1.29, 1.82) is 0 Å². The Labute approximate surface area is 205 Å². The van der Waals surface area contributed by atoms with E-state index in [1.165, 1.54) is 5.56 Å². The summed E-state index contributed by atoms with van der Waals surface area (Å²) >= 11 is 0. The molecule has 0 radical (unpaired) electrons. The third-order valence-electron chi connectivity index (χ3n) is 5.27. The van der Waals surface area contributed by atoms with E-state index in [9.17, 15) is 0 Å². The minimum atomic E-state index is 0. The lowest BCUT2D eigenvalue weighted by Gasteiger charge is -2.15. The summed E-state index contributed by atoms with van der Waals surface area (Å²) in [7, 11) is 0. The van der Waals surface area contributed by atoms with E-state index in [0.717, 1.165) is 54.9 Å². The summed E-state index contributed by atoms with van der Waals surface area (Å²) in [6.45, 7) is 8.23. The van der Waals surface area contributed by atoms with E-state index in [1.807, 2.05) is 35.7 Å². The van der Waals surface area contributed by atoms with Crippen molar-refractivity contribution in [2.75, 3.05) is 26.4 Å². The fraction of sp³-hybridized carbons (Fsp3) is 0.435. The van der Waals surface area contributed by atoms with Crippen LogP contribution in [0.1, 0.15) is 30.3 Å². The van der Waals surface area contributed by atoms with Crippen LogP contribution < -0.4 is 15.4 Å². The minimum Gasteiger partial charge on any atom is -0.493 e. The molecule has 1 fully saturated rings. The number of guanidine groups is 1. The number of aryl methyl sites for hydroxylation is 1. The fourth-order valence-electron chi connectivity index (χ4n) is 3.53. The van der Waals surface area contributed by atoms with Gasteiger partial charge in [-0.05, 0) is 44.0 Å². The number of aliphatic imine (C=N–C) groups is 1. The van der Waals surface area contributed by atoms with Gasteiger partial charge in [0.15, 0.2) is 17.4 Å². The van der Waals surface area contributed by atoms with Crippen LogP contribution in [0.4, 0.5) is 0 Å². The van der Waals surface area contributed by atoms with E-state index < -0.39 is 0 Å². The van der Waals surface area contributed by atoms with E-state index in [-0.39, 0.29) is 24.0 Å². The third kappa shape index (κ3) is 6.32. The second kappa shape index (κ2) is 12.0. The van der Waals surface area contributed by atoms with Crippen LogP contribution in [0.2, 0.25) is 0 Å². The maximum absolute atomic E-state index is 6.15. The third-order valence-corrected chi connectivity index (χ3v) is 5.27. The van der Waals surface area contributed by atoms with Crippen LogP contribution in [0.15, 0.2) is 47.6 Å². The molecule has 9 heteroatoms. The molecule has 8 nitrogen and oxygen atoms in total. The van der Waals surface area contributed by atoms with Gasteiger partial charge >= 0.3 is 0 Å². The van der Waals surface area contributed by atoms with Gasteiger partial charge in [0.05, 0.1) is 26.3 Å². The van der Waals surface area contributed by atoms with E-state index in [4.69, 9.17) is 14.5 Å². The molecule has 0 saturated carbocycles. The van der Waals surface area contributed by atoms with Crippen LogP contribution in [0.5, 0.6) is 5.75 Å². The number of hydrogen-bond donors (Lipinski definition) is 2. The lowest BCUT2D eigenvalue weighted by molar-refractivity contribution is 0.166. The first-order valence-corrected chi connectivity index (χ1v) is 10.8. The zero-order valence-corrected chi connectivity index (χ0v) is 20.9. The Morgan fingerprint density at radius 3 is 2.97 bits per heavy atom. The maximum Gasteiger partial charge on any atom is 0.191 e. The van der Waals surface area contributed by atoms with Crippen molar-refractivity contribution in [3.63, 3.8) is 0 Å². The van der Waals surface area contributed by atoms with Crippen molar-refractivity contribution in [2.24, 2.45) is 10.9 Å². The Morgan fingerprint density at radius 2 is 2.16 bits per heavy atom. The first-order valence-electron chi connectivity index (χ1n) is 10.8. The fourth-order valence-corrected chi connectivity index (χ4v) is 3.53. The van der Waals surface area contributed by atoms with Crippen molar-refractivity contribution < 1.29 is 9.47 Å². The van der Waals surface area contributed by atoms with Gasteiger partial charge < -0.3 is 20.1 Å². The number of fused-ring (bicyclic) bond motifs is 1. The zero-order chi connectivity index (χ0) is 21.5. The van der Waals surface area contributed by atoms with Gasteiger partial charge in [0.2, 0.25) is 0 Å². The SMILES string of the molecule is CCNC(=NCc1ccc(C)cc1OCC1CCOC1)NCc1nnc2ccccn12.I. The number of nitrogens with one attached hydrogen (secondary N) is 2. The smallest absolute Gasteiger partial charge is 0.191 e. The van der Waals surface area contributed by atoms with Gasteiger partial charge in [0, 0.05) is 30.8 Å². The number of benzene rings is 1. The Bertz CT molecular complexity index is 1030. The molecule has 32 heavy (non-hydrogen) atoms. The van der Waals surface area contributed by atoms with E-state index in [2.05, 4.69) is 46.0 Å². The zero-order valence-electron chi connectivity index (χ0n) is 18.6. The van der Waals surface area contributed by atoms with Crippen molar-refractivity contribution in [3.05, 3.63) is 59.5 Å². The van der Waals surface area contributed by atoms with Gasteiger partial charge in [-0.2, -0.15) is 0 Å². The molecule has 3 aromatic rings. The molecule has 1 atom stereocenters. The predicted molar refractivity (Wildman–Crippen MR) is 136 cm³/mol. The van der Waals surface area contributed by atoms with Crippen LogP contribution in [0.3, 0.4) is 0 Å². The summed E-state index contributed by atoms with van der Waals surface area (Å²) in [5.41, 5.74) is 3.07. The Hall–Kier alpha value is -2.40. The van der Waals surface area contributed by atoms with Gasteiger partial charge in [-0.1, -0.05) is 18.2 Å². The van der Waals surface area contributed by atoms with Gasteiger partial charge in [-0.3, -0.25) is 4.40 Å². The molecule has 0 amide bonds. The van der Waals surface area contributed by atoms with E-state index in [0.29, 0.717) is 25.6 Å². The van der Waals surface area contributed by atoms with E-state index >= 15 is 0 Å². The number of nitrogens with zero attached hydrogens (tertiary/aromatic N) is 4. The number of ether oxygens (including phenoxy) is 2. The summed E-state index contributed by atoms with van der Waals surface area (Å²) in [5, 5.41) is 15.1. The van der Waals surface area contributed by atoms with E-state index in [1.54, 1.807) is 0 Å². The molecule has 0 bridgehead atoms. The number of halogens is 1. The molecule has 1 aliphatic heterocycles. The van der Waals surface area contributed by atoms with Crippen LogP contribution in [-0.4, -0.2) is 46.9 Å². The minimum absolute atomic E-state index is 0. The first kappa shape index (κ1) is 24.2. The molecule has 0 spiro atoms. The number of pyridine rings is 1. The molecule has 0 aliphatic carbocycles. The Balaban J connectivity index is 0.00000289. The van der Waals surface area contributed by atoms with Gasteiger partial charge in [-0.15, -0.1) is 34.2 Å². The molecule has 1 aliphatic rings. The van der Waals surface area contributed by atoms with Gasteiger partial charge in [0.25, 0.3) is 0 Å². The standard InChI is InChI=1S/C23H30N6O2.HI/c1-3-24-23(26-14-22-28-27-21-6-4-5-10-29(21)22)25-13-19-8-7-17(2)12-20(19)31-16-18-9-11-30-15-18;/h4-8,10,12,18H,3,9,11,13-16H2,1-2H3,(H2,24,25,26);1H. The molecule has 1 unspecified atom stereocenters. The maximum atomic E-state index is 6.15. The van der Waals surface area contributed by atoms with Crippen LogP contribution in [0.25, 0.3) is 5.65 Å². The molecule has 1 aromatic carbocycles. The lowest BCUT2D eigenvalue weighted by atomic mass is 10.1. The molecule has 2 N–H and O–H groups in total.